The molecule has 19 heavy (non-hydrogen) atoms. The van der Waals surface area contributed by atoms with Gasteiger partial charge in [-0.3, -0.25) is 4.98 Å². The molecule has 0 aliphatic carbocycles. The van der Waals surface area contributed by atoms with Gasteiger partial charge in [-0.2, -0.15) is 0 Å². The SMILES string of the molecule is O=C(NCC[C@@H]1CCCCO1)Nc1ccncc1F. The summed E-state index contributed by atoms with van der Waals surface area (Å²) in [6.45, 7) is 1.32. The number of carbonyl (C=O) groups excluding carboxylic acids is 1. The van der Waals surface area contributed by atoms with Gasteiger partial charge in [0.05, 0.1) is 18.0 Å². The molecule has 1 atom stereocenters. The van der Waals surface area contributed by atoms with Crippen LogP contribution in [0.2, 0.25) is 0 Å². The Bertz CT molecular complexity index is 422. The number of amides is 2. The number of hydrogen-bond acceptors (Lipinski definition) is 3. The lowest BCUT2D eigenvalue weighted by Crippen LogP contribution is -2.32. The summed E-state index contributed by atoms with van der Waals surface area (Å²) in [4.78, 5) is 15.2. The van der Waals surface area contributed by atoms with Crippen LogP contribution in [0.4, 0.5) is 14.9 Å². The molecule has 0 radical (unpaired) electrons. The second kappa shape index (κ2) is 7.04. The van der Waals surface area contributed by atoms with E-state index in [0.717, 1.165) is 32.1 Å². The van der Waals surface area contributed by atoms with Crippen molar-refractivity contribution >= 4 is 11.7 Å². The van der Waals surface area contributed by atoms with Crippen LogP contribution in [0.25, 0.3) is 0 Å². The Morgan fingerprint density at radius 1 is 1.53 bits per heavy atom. The highest BCUT2D eigenvalue weighted by Crippen LogP contribution is 2.15. The highest BCUT2D eigenvalue weighted by molar-refractivity contribution is 5.89. The third-order valence-corrected chi connectivity index (χ3v) is 3.05. The Balaban J connectivity index is 1.68. The molecule has 1 aliphatic rings. The van der Waals surface area contributed by atoms with Crippen molar-refractivity contribution in [3.8, 4) is 0 Å². The zero-order chi connectivity index (χ0) is 13.5. The van der Waals surface area contributed by atoms with E-state index in [0.29, 0.717) is 6.54 Å². The quantitative estimate of drug-likeness (QED) is 0.879. The molecule has 0 bridgehead atoms. The zero-order valence-electron chi connectivity index (χ0n) is 10.7. The first-order chi connectivity index (χ1) is 9.25. The van der Waals surface area contributed by atoms with E-state index in [9.17, 15) is 9.18 Å². The Labute approximate surface area is 111 Å². The Kier molecular flexibility index (Phi) is 5.09. The number of urea groups is 1. The number of nitrogens with zero attached hydrogens (tertiary/aromatic N) is 1. The molecule has 1 aromatic heterocycles. The molecule has 0 aromatic carbocycles. The molecule has 2 N–H and O–H groups in total. The van der Waals surface area contributed by atoms with Crippen LogP contribution in [-0.2, 0) is 4.74 Å². The number of ether oxygens (including phenoxy) is 1. The van der Waals surface area contributed by atoms with Gasteiger partial charge < -0.3 is 15.4 Å². The van der Waals surface area contributed by atoms with Crippen molar-refractivity contribution < 1.29 is 13.9 Å². The monoisotopic (exact) mass is 267 g/mol. The van der Waals surface area contributed by atoms with Crippen molar-refractivity contribution in [1.29, 1.82) is 0 Å². The molecule has 0 unspecified atom stereocenters. The van der Waals surface area contributed by atoms with Gasteiger partial charge in [0.25, 0.3) is 0 Å². The molecule has 2 heterocycles. The van der Waals surface area contributed by atoms with Gasteiger partial charge in [-0.15, -0.1) is 0 Å². The van der Waals surface area contributed by atoms with Gasteiger partial charge >= 0.3 is 6.03 Å². The average molecular weight is 267 g/mol. The summed E-state index contributed by atoms with van der Waals surface area (Å²) in [5.74, 6) is -0.548. The highest BCUT2D eigenvalue weighted by atomic mass is 19.1. The van der Waals surface area contributed by atoms with Crippen molar-refractivity contribution in [2.24, 2.45) is 0 Å². The lowest BCUT2D eigenvalue weighted by molar-refractivity contribution is 0.0120. The van der Waals surface area contributed by atoms with Gasteiger partial charge in [0.2, 0.25) is 0 Å². The molecule has 2 amide bonds. The second-order valence-corrected chi connectivity index (χ2v) is 4.51. The van der Waals surface area contributed by atoms with E-state index < -0.39 is 11.8 Å². The van der Waals surface area contributed by atoms with Gasteiger partial charge in [-0.25, -0.2) is 9.18 Å². The number of aromatic nitrogens is 1. The van der Waals surface area contributed by atoms with Gasteiger partial charge in [-0.05, 0) is 31.7 Å². The van der Waals surface area contributed by atoms with Crippen LogP contribution in [0.5, 0.6) is 0 Å². The first-order valence-electron chi connectivity index (χ1n) is 6.51. The predicted octanol–water partition coefficient (Wildman–Crippen LogP) is 2.30. The third kappa shape index (κ3) is 4.48. The summed E-state index contributed by atoms with van der Waals surface area (Å²) in [7, 11) is 0. The number of carbonyl (C=O) groups is 1. The highest BCUT2D eigenvalue weighted by Gasteiger charge is 2.13. The van der Waals surface area contributed by atoms with Crippen molar-refractivity contribution in [3.63, 3.8) is 0 Å². The molecule has 5 nitrogen and oxygen atoms in total. The number of hydrogen-bond donors (Lipinski definition) is 2. The van der Waals surface area contributed by atoms with Gasteiger partial charge in [-0.1, -0.05) is 0 Å². The maximum atomic E-state index is 13.2. The second-order valence-electron chi connectivity index (χ2n) is 4.51. The molecular weight excluding hydrogens is 249 g/mol. The van der Waals surface area contributed by atoms with Crippen LogP contribution in [-0.4, -0.2) is 30.3 Å². The molecule has 0 spiro atoms. The number of halogens is 1. The third-order valence-electron chi connectivity index (χ3n) is 3.05. The van der Waals surface area contributed by atoms with E-state index in [2.05, 4.69) is 15.6 Å². The minimum Gasteiger partial charge on any atom is -0.378 e. The molecule has 1 saturated heterocycles. The topological polar surface area (TPSA) is 63.2 Å². The summed E-state index contributed by atoms with van der Waals surface area (Å²) in [6, 6.07) is 1.00. The van der Waals surface area contributed by atoms with E-state index in [1.165, 1.54) is 18.7 Å². The Morgan fingerprint density at radius 2 is 2.42 bits per heavy atom. The van der Waals surface area contributed by atoms with Gasteiger partial charge in [0, 0.05) is 19.3 Å². The van der Waals surface area contributed by atoms with Crippen LogP contribution in [0.15, 0.2) is 18.5 Å². The van der Waals surface area contributed by atoms with Crippen molar-refractivity contribution in [2.75, 3.05) is 18.5 Å². The van der Waals surface area contributed by atoms with Gasteiger partial charge in [0.1, 0.15) is 0 Å². The summed E-state index contributed by atoms with van der Waals surface area (Å²) >= 11 is 0. The van der Waals surface area contributed by atoms with Gasteiger partial charge in [0.15, 0.2) is 5.82 Å². The maximum absolute atomic E-state index is 13.2. The fourth-order valence-electron chi connectivity index (χ4n) is 2.02. The molecule has 1 fully saturated rings. The number of pyridine rings is 1. The zero-order valence-corrected chi connectivity index (χ0v) is 10.7. The number of rotatable bonds is 4. The van der Waals surface area contributed by atoms with Crippen molar-refractivity contribution in [3.05, 3.63) is 24.3 Å². The lowest BCUT2D eigenvalue weighted by Gasteiger charge is -2.22. The number of anilines is 1. The van der Waals surface area contributed by atoms with E-state index in [-0.39, 0.29) is 11.8 Å². The fraction of sp³-hybridized carbons (Fsp3) is 0.538. The smallest absolute Gasteiger partial charge is 0.319 e. The summed E-state index contributed by atoms with van der Waals surface area (Å²) in [5.41, 5.74) is 0.126. The molecular formula is C13H18FN3O2. The standard InChI is InChI=1S/C13H18FN3O2/c14-11-9-15-6-5-12(11)17-13(18)16-7-4-10-3-1-2-8-19-10/h5-6,9-10H,1-4,7-8H2,(H2,15,16,17,18)/t10-/m0/s1. The Morgan fingerprint density at radius 3 is 3.16 bits per heavy atom. The van der Waals surface area contributed by atoms with Crippen LogP contribution >= 0.6 is 0 Å². The summed E-state index contributed by atoms with van der Waals surface area (Å²) < 4.78 is 18.8. The van der Waals surface area contributed by atoms with E-state index in [1.807, 2.05) is 0 Å². The normalized spacial score (nSPS) is 18.9. The molecule has 2 rings (SSSR count). The van der Waals surface area contributed by atoms with Crippen LogP contribution in [0, 0.1) is 5.82 Å². The molecule has 1 aliphatic heterocycles. The van der Waals surface area contributed by atoms with Crippen LogP contribution in [0.1, 0.15) is 25.7 Å². The first-order valence-corrected chi connectivity index (χ1v) is 6.51. The molecule has 104 valence electrons. The van der Waals surface area contributed by atoms with Crippen molar-refractivity contribution in [2.45, 2.75) is 31.8 Å². The first kappa shape index (κ1) is 13.7. The fourth-order valence-corrected chi connectivity index (χ4v) is 2.02. The lowest BCUT2D eigenvalue weighted by atomic mass is 10.1. The molecule has 1 aromatic rings. The number of nitrogens with one attached hydrogen (secondary N) is 2. The van der Waals surface area contributed by atoms with E-state index >= 15 is 0 Å². The summed E-state index contributed by atoms with van der Waals surface area (Å²) in [5, 5.41) is 5.13. The van der Waals surface area contributed by atoms with E-state index in [4.69, 9.17) is 4.74 Å². The maximum Gasteiger partial charge on any atom is 0.319 e. The molecule has 0 saturated carbocycles. The average Bonchev–Trinajstić information content (AvgIpc) is 2.43. The minimum atomic E-state index is -0.548. The minimum absolute atomic E-state index is 0.126. The predicted molar refractivity (Wildman–Crippen MR) is 69.4 cm³/mol. The van der Waals surface area contributed by atoms with E-state index in [1.54, 1.807) is 0 Å². The largest absolute Gasteiger partial charge is 0.378 e. The van der Waals surface area contributed by atoms with Crippen molar-refractivity contribution in [1.82, 2.24) is 10.3 Å². The summed E-state index contributed by atoms with van der Waals surface area (Å²) in [6.07, 6.45) is 6.84. The molecule has 6 heteroatoms. The van der Waals surface area contributed by atoms with Crippen LogP contribution in [0.3, 0.4) is 0 Å². The Hall–Kier alpha value is -1.69. The van der Waals surface area contributed by atoms with Crippen LogP contribution < -0.4 is 10.6 Å².